The molecule has 94 valence electrons. The molecule has 0 fully saturated rings. The SMILES string of the molecule is CC(N)CCc1ccc(-c2cccc(F)c2)cc1. The Morgan fingerprint density at radius 2 is 1.78 bits per heavy atom. The van der Waals surface area contributed by atoms with Crippen molar-refractivity contribution >= 4 is 0 Å². The first-order chi connectivity index (χ1) is 8.65. The van der Waals surface area contributed by atoms with E-state index in [1.165, 1.54) is 11.6 Å². The molecule has 0 spiro atoms. The van der Waals surface area contributed by atoms with Crippen LogP contribution in [0.1, 0.15) is 18.9 Å². The van der Waals surface area contributed by atoms with Crippen molar-refractivity contribution in [3.8, 4) is 11.1 Å². The monoisotopic (exact) mass is 243 g/mol. The molecule has 0 aliphatic rings. The molecule has 0 aliphatic heterocycles. The fourth-order valence-corrected chi connectivity index (χ4v) is 1.93. The van der Waals surface area contributed by atoms with E-state index in [-0.39, 0.29) is 11.9 Å². The number of nitrogens with two attached hydrogens (primary N) is 1. The number of benzene rings is 2. The molecule has 0 bridgehead atoms. The van der Waals surface area contributed by atoms with E-state index in [1.807, 2.05) is 25.1 Å². The lowest BCUT2D eigenvalue weighted by Gasteiger charge is -2.06. The summed E-state index contributed by atoms with van der Waals surface area (Å²) in [7, 11) is 0. The standard InChI is InChI=1S/C16H18FN/c1-12(18)5-6-13-7-9-14(10-8-13)15-3-2-4-16(17)11-15/h2-4,7-12H,5-6,18H2,1H3. The lowest BCUT2D eigenvalue weighted by atomic mass is 10.0. The van der Waals surface area contributed by atoms with Crippen LogP contribution >= 0.6 is 0 Å². The highest BCUT2D eigenvalue weighted by Gasteiger charge is 2.01. The molecule has 1 unspecified atom stereocenters. The van der Waals surface area contributed by atoms with E-state index in [0.717, 1.165) is 24.0 Å². The molecule has 0 radical (unpaired) electrons. The number of aryl methyl sites for hydroxylation is 1. The molecule has 0 aromatic heterocycles. The van der Waals surface area contributed by atoms with E-state index < -0.39 is 0 Å². The molecule has 1 atom stereocenters. The van der Waals surface area contributed by atoms with Crippen LogP contribution in [0, 0.1) is 5.82 Å². The van der Waals surface area contributed by atoms with Crippen molar-refractivity contribution in [1.29, 1.82) is 0 Å². The van der Waals surface area contributed by atoms with E-state index in [2.05, 4.69) is 12.1 Å². The zero-order valence-electron chi connectivity index (χ0n) is 10.6. The first kappa shape index (κ1) is 12.8. The van der Waals surface area contributed by atoms with Gasteiger partial charge in [0.25, 0.3) is 0 Å². The Bertz CT molecular complexity index is 503. The first-order valence-electron chi connectivity index (χ1n) is 6.25. The van der Waals surface area contributed by atoms with Gasteiger partial charge < -0.3 is 5.73 Å². The second-order valence-electron chi connectivity index (χ2n) is 4.72. The number of hydrogen-bond acceptors (Lipinski definition) is 1. The second kappa shape index (κ2) is 5.78. The maximum absolute atomic E-state index is 13.1. The van der Waals surface area contributed by atoms with E-state index in [1.54, 1.807) is 12.1 Å². The van der Waals surface area contributed by atoms with Crippen LogP contribution in [0.25, 0.3) is 11.1 Å². The van der Waals surface area contributed by atoms with Crippen LogP contribution in [0.3, 0.4) is 0 Å². The minimum atomic E-state index is -0.200. The molecule has 0 saturated carbocycles. The Balaban J connectivity index is 2.12. The van der Waals surface area contributed by atoms with Gasteiger partial charge in [-0.1, -0.05) is 36.4 Å². The van der Waals surface area contributed by atoms with Crippen LogP contribution < -0.4 is 5.73 Å². The van der Waals surface area contributed by atoms with Gasteiger partial charge in [0.2, 0.25) is 0 Å². The summed E-state index contributed by atoms with van der Waals surface area (Å²) in [4.78, 5) is 0. The topological polar surface area (TPSA) is 26.0 Å². The summed E-state index contributed by atoms with van der Waals surface area (Å²) < 4.78 is 13.1. The van der Waals surface area contributed by atoms with Crippen LogP contribution in [-0.2, 0) is 6.42 Å². The Labute approximate surface area is 107 Å². The summed E-state index contributed by atoms with van der Waals surface area (Å²) >= 11 is 0. The van der Waals surface area contributed by atoms with Crippen LogP contribution in [0.2, 0.25) is 0 Å². The van der Waals surface area contributed by atoms with Gasteiger partial charge in [0.15, 0.2) is 0 Å². The van der Waals surface area contributed by atoms with Crippen molar-refractivity contribution in [2.24, 2.45) is 5.73 Å². The van der Waals surface area contributed by atoms with Crippen LogP contribution in [0.15, 0.2) is 48.5 Å². The lowest BCUT2D eigenvalue weighted by Crippen LogP contribution is -2.15. The smallest absolute Gasteiger partial charge is 0.123 e. The fourth-order valence-electron chi connectivity index (χ4n) is 1.93. The molecule has 2 heteroatoms. The summed E-state index contributed by atoms with van der Waals surface area (Å²) in [5.41, 5.74) is 8.96. The van der Waals surface area contributed by atoms with Gasteiger partial charge in [-0.25, -0.2) is 4.39 Å². The maximum atomic E-state index is 13.1. The van der Waals surface area contributed by atoms with Gasteiger partial charge in [-0.15, -0.1) is 0 Å². The summed E-state index contributed by atoms with van der Waals surface area (Å²) in [6, 6.07) is 15.1. The van der Waals surface area contributed by atoms with Crippen molar-refractivity contribution in [2.45, 2.75) is 25.8 Å². The van der Waals surface area contributed by atoms with E-state index in [4.69, 9.17) is 5.73 Å². The molecule has 0 heterocycles. The Hall–Kier alpha value is -1.67. The Morgan fingerprint density at radius 1 is 1.06 bits per heavy atom. The molecule has 0 amide bonds. The van der Waals surface area contributed by atoms with Crippen molar-refractivity contribution in [3.63, 3.8) is 0 Å². The molecular formula is C16H18FN. The predicted octanol–water partition coefficient (Wildman–Crippen LogP) is 3.77. The maximum Gasteiger partial charge on any atom is 0.123 e. The van der Waals surface area contributed by atoms with Gasteiger partial charge in [-0.3, -0.25) is 0 Å². The highest BCUT2D eigenvalue weighted by atomic mass is 19.1. The Kier molecular flexibility index (Phi) is 4.11. The Morgan fingerprint density at radius 3 is 2.39 bits per heavy atom. The summed E-state index contributed by atoms with van der Waals surface area (Å²) in [5, 5.41) is 0. The summed E-state index contributed by atoms with van der Waals surface area (Å²) in [6.45, 7) is 2.01. The van der Waals surface area contributed by atoms with Gasteiger partial charge >= 0.3 is 0 Å². The fraction of sp³-hybridized carbons (Fsp3) is 0.250. The van der Waals surface area contributed by atoms with E-state index >= 15 is 0 Å². The number of hydrogen-bond donors (Lipinski definition) is 1. The molecule has 2 rings (SSSR count). The van der Waals surface area contributed by atoms with Gasteiger partial charge in [-0.05, 0) is 48.6 Å². The minimum Gasteiger partial charge on any atom is -0.328 e. The molecule has 1 nitrogen and oxygen atoms in total. The molecule has 2 aromatic rings. The van der Waals surface area contributed by atoms with E-state index in [0.29, 0.717) is 0 Å². The third-order valence-electron chi connectivity index (χ3n) is 3.00. The molecule has 0 saturated heterocycles. The van der Waals surface area contributed by atoms with Crippen molar-refractivity contribution in [2.75, 3.05) is 0 Å². The molecule has 18 heavy (non-hydrogen) atoms. The van der Waals surface area contributed by atoms with Crippen LogP contribution in [-0.4, -0.2) is 6.04 Å². The second-order valence-corrected chi connectivity index (χ2v) is 4.72. The zero-order valence-corrected chi connectivity index (χ0v) is 10.6. The van der Waals surface area contributed by atoms with Crippen LogP contribution in [0.4, 0.5) is 4.39 Å². The highest BCUT2D eigenvalue weighted by molar-refractivity contribution is 5.63. The molecule has 2 aromatic carbocycles. The lowest BCUT2D eigenvalue weighted by molar-refractivity contribution is 0.628. The largest absolute Gasteiger partial charge is 0.328 e. The number of halogens is 1. The van der Waals surface area contributed by atoms with Gasteiger partial charge in [0.1, 0.15) is 5.82 Å². The van der Waals surface area contributed by atoms with Crippen LogP contribution in [0.5, 0.6) is 0 Å². The summed E-state index contributed by atoms with van der Waals surface area (Å²) in [5.74, 6) is -0.200. The highest BCUT2D eigenvalue weighted by Crippen LogP contribution is 2.21. The van der Waals surface area contributed by atoms with Gasteiger partial charge in [-0.2, -0.15) is 0 Å². The van der Waals surface area contributed by atoms with Crippen molar-refractivity contribution in [1.82, 2.24) is 0 Å². The van der Waals surface area contributed by atoms with Crippen molar-refractivity contribution in [3.05, 3.63) is 59.9 Å². The minimum absolute atomic E-state index is 0.200. The third kappa shape index (κ3) is 3.41. The molecule has 0 aliphatic carbocycles. The molecular weight excluding hydrogens is 225 g/mol. The predicted molar refractivity (Wildman–Crippen MR) is 73.8 cm³/mol. The van der Waals surface area contributed by atoms with E-state index in [9.17, 15) is 4.39 Å². The number of rotatable bonds is 4. The van der Waals surface area contributed by atoms with Gasteiger partial charge in [0.05, 0.1) is 0 Å². The quantitative estimate of drug-likeness (QED) is 0.869. The van der Waals surface area contributed by atoms with Gasteiger partial charge in [0, 0.05) is 6.04 Å². The third-order valence-corrected chi connectivity index (χ3v) is 3.00. The average Bonchev–Trinajstić information content (AvgIpc) is 2.37. The normalized spacial score (nSPS) is 12.4. The zero-order chi connectivity index (χ0) is 13.0. The van der Waals surface area contributed by atoms with Crippen molar-refractivity contribution < 1.29 is 4.39 Å². The first-order valence-corrected chi connectivity index (χ1v) is 6.25. The summed E-state index contributed by atoms with van der Waals surface area (Å²) in [6.07, 6.45) is 1.97. The molecule has 2 N–H and O–H groups in total. The average molecular weight is 243 g/mol.